The number of hydrogen-bond donors (Lipinski definition) is 1. The number of rotatable bonds is 6. The maximum atomic E-state index is 12.5. The van der Waals surface area contributed by atoms with E-state index in [0.717, 1.165) is 24.1 Å². The van der Waals surface area contributed by atoms with Gasteiger partial charge >= 0.3 is 0 Å². The Labute approximate surface area is 120 Å². The molecule has 1 heterocycles. The van der Waals surface area contributed by atoms with Gasteiger partial charge in [0.1, 0.15) is 0 Å². The fourth-order valence-electron chi connectivity index (χ4n) is 2.43. The molecule has 1 aromatic heterocycles. The molecular weight excluding hydrogens is 252 g/mol. The van der Waals surface area contributed by atoms with Gasteiger partial charge in [0.25, 0.3) is 0 Å². The Morgan fingerprint density at radius 2 is 2.25 bits per heavy atom. The van der Waals surface area contributed by atoms with E-state index < -0.39 is 5.41 Å². The Morgan fingerprint density at radius 1 is 1.55 bits per heavy atom. The fraction of sp³-hybridized carbons (Fsp3) is 0.625. The molecule has 1 aliphatic carbocycles. The van der Waals surface area contributed by atoms with Crippen LogP contribution < -0.4 is 5.32 Å². The SMILES string of the molecule is COCC(C)(C)C(=O)N[C@H](c1ncccc1C)C1CC1. The van der Waals surface area contributed by atoms with E-state index in [1.807, 2.05) is 32.9 Å². The van der Waals surface area contributed by atoms with Gasteiger partial charge in [0, 0.05) is 13.3 Å². The van der Waals surface area contributed by atoms with Crippen LogP contribution in [-0.4, -0.2) is 24.6 Å². The summed E-state index contributed by atoms with van der Waals surface area (Å²) in [6.45, 7) is 6.27. The molecule has 4 nitrogen and oxygen atoms in total. The number of aromatic nitrogens is 1. The first kappa shape index (κ1) is 15.0. The summed E-state index contributed by atoms with van der Waals surface area (Å²) < 4.78 is 5.14. The van der Waals surface area contributed by atoms with Gasteiger partial charge in [0.2, 0.25) is 5.91 Å². The van der Waals surface area contributed by atoms with Gasteiger partial charge in [-0.15, -0.1) is 0 Å². The molecule has 0 spiro atoms. The van der Waals surface area contributed by atoms with Gasteiger partial charge in [0.05, 0.1) is 23.8 Å². The molecule has 4 heteroatoms. The second kappa shape index (κ2) is 5.92. The van der Waals surface area contributed by atoms with E-state index in [1.54, 1.807) is 13.3 Å². The van der Waals surface area contributed by atoms with Crippen molar-refractivity contribution in [2.24, 2.45) is 11.3 Å². The molecule has 0 aliphatic heterocycles. The molecule has 0 aromatic carbocycles. The largest absolute Gasteiger partial charge is 0.384 e. The zero-order valence-corrected chi connectivity index (χ0v) is 12.8. The molecule has 1 N–H and O–H groups in total. The first-order valence-corrected chi connectivity index (χ1v) is 7.17. The number of ether oxygens (including phenoxy) is 1. The van der Waals surface area contributed by atoms with Crippen molar-refractivity contribution in [3.63, 3.8) is 0 Å². The van der Waals surface area contributed by atoms with Gasteiger partial charge in [-0.05, 0) is 51.2 Å². The van der Waals surface area contributed by atoms with Crippen molar-refractivity contribution >= 4 is 5.91 Å². The Morgan fingerprint density at radius 3 is 2.80 bits per heavy atom. The highest BCUT2D eigenvalue weighted by molar-refractivity contribution is 5.82. The number of carbonyl (C=O) groups excluding carboxylic acids is 1. The van der Waals surface area contributed by atoms with Crippen LogP contribution in [-0.2, 0) is 9.53 Å². The summed E-state index contributed by atoms with van der Waals surface area (Å²) in [4.78, 5) is 16.9. The summed E-state index contributed by atoms with van der Waals surface area (Å²) in [5.41, 5.74) is 1.61. The minimum Gasteiger partial charge on any atom is -0.384 e. The third-order valence-corrected chi connectivity index (χ3v) is 3.84. The van der Waals surface area contributed by atoms with Crippen LogP contribution in [0.15, 0.2) is 18.3 Å². The standard InChI is InChI=1S/C16H24N2O2/c1-11-6-5-9-17-13(11)14(12-7-8-12)18-15(19)16(2,3)10-20-4/h5-6,9,12,14H,7-8,10H2,1-4H3,(H,18,19)/t14-/m0/s1. The monoisotopic (exact) mass is 276 g/mol. The van der Waals surface area contributed by atoms with Gasteiger partial charge in [-0.2, -0.15) is 0 Å². The molecule has 2 rings (SSSR count). The summed E-state index contributed by atoms with van der Waals surface area (Å²) >= 11 is 0. The van der Waals surface area contributed by atoms with Gasteiger partial charge in [0.15, 0.2) is 0 Å². The third-order valence-electron chi connectivity index (χ3n) is 3.84. The van der Waals surface area contributed by atoms with Gasteiger partial charge in [-0.3, -0.25) is 9.78 Å². The predicted molar refractivity (Wildman–Crippen MR) is 78.2 cm³/mol. The van der Waals surface area contributed by atoms with Crippen LogP contribution in [0.5, 0.6) is 0 Å². The molecule has 1 amide bonds. The summed E-state index contributed by atoms with van der Waals surface area (Å²) in [7, 11) is 1.62. The quantitative estimate of drug-likeness (QED) is 0.869. The Kier molecular flexibility index (Phi) is 4.43. The summed E-state index contributed by atoms with van der Waals surface area (Å²) in [5, 5.41) is 3.18. The van der Waals surface area contributed by atoms with Crippen LogP contribution in [0.1, 0.15) is 44.0 Å². The summed E-state index contributed by atoms with van der Waals surface area (Å²) in [5.74, 6) is 0.548. The first-order valence-electron chi connectivity index (χ1n) is 7.17. The number of aryl methyl sites for hydroxylation is 1. The molecule has 0 bridgehead atoms. The zero-order chi connectivity index (χ0) is 14.8. The molecule has 0 radical (unpaired) electrons. The van der Waals surface area contributed by atoms with Crippen molar-refractivity contribution in [3.05, 3.63) is 29.6 Å². The maximum absolute atomic E-state index is 12.5. The molecule has 0 unspecified atom stereocenters. The molecule has 1 atom stereocenters. The average molecular weight is 276 g/mol. The first-order chi connectivity index (χ1) is 9.45. The Balaban J connectivity index is 2.15. The molecule has 0 saturated heterocycles. The highest BCUT2D eigenvalue weighted by atomic mass is 16.5. The summed E-state index contributed by atoms with van der Waals surface area (Å²) in [6.07, 6.45) is 4.11. The average Bonchev–Trinajstić information content (AvgIpc) is 3.21. The van der Waals surface area contributed by atoms with Gasteiger partial charge in [-0.25, -0.2) is 0 Å². The molecule has 1 saturated carbocycles. The number of methoxy groups -OCH3 is 1. The second-order valence-electron chi connectivity index (χ2n) is 6.31. The lowest BCUT2D eigenvalue weighted by molar-refractivity contribution is -0.133. The molecule has 20 heavy (non-hydrogen) atoms. The number of pyridine rings is 1. The maximum Gasteiger partial charge on any atom is 0.228 e. The van der Waals surface area contributed by atoms with Crippen LogP contribution in [0.25, 0.3) is 0 Å². The molecule has 1 aliphatic rings. The van der Waals surface area contributed by atoms with Gasteiger partial charge in [-0.1, -0.05) is 6.07 Å². The molecular formula is C16H24N2O2. The normalized spacial score (nSPS) is 16.8. The molecule has 110 valence electrons. The lowest BCUT2D eigenvalue weighted by atomic mass is 9.92. The van der Waals surface area contributed by atoms with E-state index in [1.165, 1.54) is 0 Å². The number of hydrogen-bond acceptors (Lipinski definition) is 3. The van der Waals surface area contributed by atoms with Crippen molar-refractivity contribution in [2.75, 3.05) is 13.7 Å². The number of carbonyl (C=O) groups is 1. The van der Waals surface area contributed by atoms with Crippen molar-refractivity contribution in [1.29, 1.82) is 0 Å². The number of amides is 1. The predicted octanol–water partition coefficient (Wildman–Crippen LogP) is 2.63. The summed E-state index contributed by atoms with van der Waals surface area (Å²) in [6, 6.07) is 4.00. The minimum absolute atomic E-state index is 0.0276. The fourth-order valence-corrected chi connectivity index (χ4v) is 2.43. The number of nitrogens with zero attached hydrogens (tertiary/aromatic N) is 1. The van der Waals surface area contributed by atoms with E-state index in [4.69, 9.17) is 4.74 Å². The van der Waals surface area contributed by atoms with E-state index in [0.29, 0.717) is 12.5 Å². The van der Waals surface area contributed by atoms with Crippen LogP contribution in [0.2, 0.25) is 0 Å². The van der Waals surface area contributed by atoms with Crippen LogP contribution >= 0.6 is 0 Å². The van der Waals surface area contributed by atoms with E-state index in [2.05, 4.69) is 10.3 Å². The minimum atomic E-state index is -0.523. The molecule has 1 fully saturated rings. The lowest BCUT2D eigenvalue weighted by Crippen LogP contribution is -2.42. The third kappa shape index (κ3) is 3.37. The van der Waals surface area contributed by atoms with Crippen LogP contribution in [0.3, 0.4) is 0 Å². The van der Waals surface area contributed by atoms with Crippen molar-refractivity contribution in [3.8, 4) is 0 Å². The highest BCUT2D eigenvalue weighted by Crippen LogP contribution is 2.41. The lowest BCUT2D eigenvalue weighted by Gasteiger charge is -2.27. The Bertz CT molecular complexity index is 481. The van der Waals surface area contributed by atoms with Gasteiger partial charge < -0.3 is 10.1 Å². The zero-order valence-electron chi connectivity index (χ0n) is 12.8. The van der Waals surface area contributed by atoms with Crippen molar-refractivity contribution < 1.29 is 9.53 Å². The van der Waals surface area contributed by atoms with Crippen molar-refractivity contribution in [1.82, 2.24) is 10.3 Å². The van der Waals surface area contributed by atoms with E-state index in [9.17, 15) is 4.79 Å². The van der Waals surface area contributed by atoms with E-state index in [-0.39, 0.29) is 11.9 Å². The number of nitrogens with one attached hydrogen (secondary N) is 1. The Hall–Kier alpha value is -1.42. The molecule has 1 aromatic rings. The van der Waals surface area contributed by atoms with E-state index >= 15 is 0 Å². The highest BCUT2D eigenvalue weighted by Gasteiger charge is 2.38. The van der Waals surface area contributed by atoms with Crippen molar-refractivity contribution in [2.45, 2.75) is 39.7 Å². The second-order valence-corrected chi connectivity index (χ2v) is 6.31. The van der Waals surface area contributed by atoms with Crippen LogP contribution in [0, 0.1) is 18.3 Å². The smallest absolute Gasteiger partial charge is 0.228 e. The van der Waals surface area contributed by atoms with Crippen LogP contribution in [0.4, 0.5) is 0 Å². The topological polar surface area (TPSA) is 51.2 Å².